The van der Waals surface area contributed by atoms with Crippen molar-refractivity contribution >= 4 is 11.9 Å². The number of ether oxygens (including phenoxy) is 1. The highest BCUT2D eigenvalue weighted by atomic mass is 35.5. The molecule has 1 atom stereocenters. The van der Waals surface area contributed by atoms with Crippen LogP contribution < -0.4 is 4.74 Å². The normalized spacial score (nSPS) is 12.6. The summed E-state index contributed by atoms with van der Waals surface area (Å²) in [6.07, 6.45) is 6.02. The zero-order valence-electron chi connectivity index (χ0n) is 12.0. The molecule has 1 unspecified atom stereocenters. The molecule has 0 amide bonds. The standard InChI is InChI=1S/C16H25ClO2/c1-14(2)9-5-3-8-12-16(13-18-17)19-15-10-6-4-7-11-15/h4,6-7,10-11,14,16H,3,5,8-9,12-13H2,1-2H3. The highest BCUT2D eigenvalue weighted by Crippen LogP contribution is 2.16. The lowest BCUT2D eigenvalue weighted by Gasteiger charge is -2.17. The summed E-state index contributed by atoms with van der Waals surface area (Å²) in [5.74, 6) is 1.67. The monoisotopic (exact) mass is 284 g/mol. The average molecular weight is 285 g/mol. The molecule has 0 saturated heterocycles. The fourth-order valence-corrected chi connectivity index (χ4v) is 2.18. The Morgan fingerprint density at radius 1 is 1.00 bits per heavy atom. The van der Waals surface area contributed by atoms with Crippen LogP contribution in [0.3, 0.4) is 0 Å². The number of unbranched alkanes of at least 4 members (excludes halogenated alkanes) is 2. The molecule has 0 spiro atoms. The third-order valence-corrected chi connectivity index (χ3v) is 3.23. The lowest BCUT2D eigenvalue weighted by atomic mass is 10.0. The molecule has 1 aromatic carbocycles. The predicted octanol–water partition coefficient (Wildman–Crippen LogP) is 5.21. The average Bonchev–Trinajstić information content (AvgIpc) is 2.39. The third-order valence-electron chi connectivity index (χ3n) is 3.10. The lowest BCUT2D eigenvalue weighted by Crippen LogP contribution is -2.21. The maximum absolute atomic E-state index is 5.87. The van der Waals surface area contributed by atoms with Gasteiger partial charge in [0.15, 0.2) is 0 Å². The maximum atomic E-state index is 5.87. The molecule has 0 saturated carbocycles. The molecule has 0 heterocycles. The van der Waals surface area contributed by atoms with Crippen molar-refractivity contribution in [1.82, 2.24) is 0 Å². The van der Waals surface area contributed by atoms with Gasteiger partial charge in [0, 0.05) is 0 Å². The van der Waals surface area contributed by atoms with Crippen molar-refractivity contribution in [2.24, 2.45) is 5.92 Å². The second-order valence-corrected chi connectivity index (χ2v) is 5.58. The van der Waals surface area contributed by atoms with Crippen LogP contribution in [-0.4, -0.2) is 12.7 Å². The van der Waals surface area contributed by atoms with Crippen molar-refractivity contribution in [3.8, 4) is 5.75 Å². The van der Waals surface area contributed by atoms with E-state index in [2.05, 4.69) is 13.8 Å². The zero-order chi connectivity index (χ0) is 13.9. The Morgan fingerprint density at radius 2 is 1.68 bits per heavy atom. The molecule has 2 nitrogen and oxygen atoms in total. The van der Waals surface area contributed by atoms with Crippen LogP contribution in [0.2, 0.25) is 0 Å². The maximum Gasteiger partial charge on any atom is 0.124 e. The van der Waals surface area contributed by atoms with Gasteiger partial charge in [-0.15, -0.1) is 0 Å². The largest absolute Gasteiger partial charge is 0.488 e. The van der Waals surface area contributed by atoms with Crippen molar-refractivity contribution in [3.63, 3.8) is 0 Å². The topological polar surface area (TPSA) is 18.5 Å². The van der Waals surface area contributed by atoms with Gasteiger partial charge in [-0.05, 0) is 30.9 Å². The molecule has 0 radical (unpaired) electrons. The number of benzene rings is 1. The molecule has 3 heteroatoms. The van der Waals surface area contributed by atoms with Crippen LogP contribution in [0.15, 0.2) is 30.3 Å². The van der Waals surface area contributed by atoms with Gasteiger partial charge in [-0.3, -0.25) is 4.29 Å². The van der Waals surface area contributed by atoms with Crippen molar-refractivity contribution in [2.75, 3.05) is 6.61 Å². The second kappa shape index (κ2) is 10.1. The van der Waals surface area contributed by atoms with Crippen LogP contribution in [0, 0.1) is 5.92 Å². The summed E-state index contributed by atoms with van der Waals surface area (Å²) < 4.78 is 10.6. The highest BCUT2D eigenvalue weighted by molar-refractivity contribution is 6.07. The van der Waals surface area contributed by atoms with Gasteiger partial charge in [0.25, 0.3) is 0 Å². The molecule has 1 rings (SSSR count). The van der Waals surface area contributed by atoms with Crippen molar-refractivity contribution in [1.29, 1.82) is 0 Å². The molecular formula is C16H25ClO2. The van der Waals surface area contributed by atoms with Crippen LogP contribution in [0.25, 0.3) is 0 Å². The minimum atomic E-state index is 0.0407. The molecule has 1 aromatic rings. The van der Waals surface area contributed by atoms with E-state index in [4.69, 9.17) is 20.9 Å². The number of hydrogen-bond donors (Lipinski definition) is 0. The van der Waals surface area contributed by atoms with Gasteiger partial charge >= 0.3 is 0 Å². The van der Waals surface area contributed by atoms with Gasteiger partial charge in [-0.2, -0.15) is 0 Å². The summed E-state index contributed by atoms with van der Waals surface area (Å²) in [4.78, 5) is 0. The summed E-state index contributed by atoms with van der Waals surface area (Å²) in [6.45, 7) is 4.96. The summed E-state index contributed by atoms with van der Waals surface area (Å²) in [7, 11) is 0. The predicted molar refractivity (Wildman–Crippen MR) is 80.6 cm³/mol. The van der Waals surface area contributed by atoms with Gasteiger partial charge in [-0.1, -0.05) is 51.3 Å². The van der Waals surface area contributed by atoms with E-state index in [1.54, 1.807) is 0 Å². The minimum absolute atomic E-state index is 0.0407. The van der Waals surface area contributed by atoms with Crippen LogP contribution in [0.1, 0.15) is 46.0 Å². The van der Waals surface area contributed by atoms with Crippen LogP contribution in [0.4, 0.5) is 0 Å². The van der Waals surface area contributed by atoms with Crippen LogP contribution >= 0.6 is 11.9 Å². The Bertz CT molecular complexity index is 314. The summed E-state index contributed by atoms with van der Waals surface area (Å²) in [5.41, 5.74) is 0. The third kappa shape index (κ3) is 8.12. The molecule has 108 valence electrons. The Morgan fingerprint density at radius 3 is 2.32 bits per heavy atom. The smallest absolute Gasteiger partial charge is 0.124 e. The van der Waals surface area contributed by atoms with Gasteiger partial charge in [0.2, 0.25) is 0 Å². The molecule has 0 fully saturated rings. The first-order valence-corrected chi connectivity index (χ1v) is 7.48. The van der Waals surface area contributed by atoms with Gasteiger partial charge < -0.3 is 4.74 Å². The van der Waals surface area contributed by atoms with E-state index >= 15 is 0 Å². The fraction of sp³-hybridized carbons (Fsp3) is 0.625. The summed E-state index contributed by atoms with van der Waals surface area (Å²) in [5, 5.41) is 0. The molecule has 19 heavy (non-hydrogen) atoms. The summed E-state index contributed by atoms with van der Waals surface area (Å²) >= 11 is 5.36. The quantitative estimate of drug-likeness (QED) is 0.549. The van der Waals surface area contributed by atoms with Crippen LogP contribution in [0.5, 0.6) is 5.75 Å². The van der Waals surface area contributed by atoms with E-state index in [1.165, 1.54) is 19.3 Å². The van der Waals surface area contributed by atoms with Gasteiger partial charge in [0.05, 0.1) is 11.9 Å². The number of rotatable bonds is 10. The second-order valence-electron chi connectivity index (χ2n) is 5.36. The minimum Gasteiger partial charge on any atom is -0.488 e. The number of para-hydroxylation sites is 1. The molecule has 0 aliphatic heterocycles. The molecule has 0 bridgehead atoms. The molecule has 0 aliphatic rings. The van der Waals surface area contributed by atoms with Crippen molar-refractivity contribution < 1.29 is 9.03 Å². The van der Waals surface area contributed by atoms with E-state index in [1.807, 2.05) is 30.3 Å². The highest BCUT2D eigenvalue weighted by Gasteiger charge is 2.10. The Kier molecular flexibility index (Phi) is 8.68. The number of hydrogen-bond acceptors (Lipinski definition) is 2. The fourth-order valence-electron chi connectivity index (χ4n) is 2.04. The molecule has 0 aromatic heterocycles. The van der Waals surface area contributed by atoms with Crippen molar-refractivity contribution in [2.45, 2.75) is 52.1 Å². The summed E-state index contributed by atoms with van der Waals surface area (Å²) in [6, 6.07) is 9.83. The Hall–Kier alpha value is -0.730. The molecule has 0 aliphatic carbocycles. The first-order valence-electron chi connectivity index (χ1n) is 7.17. The Labute approximate surface area is 122 Å². The first kappa shape index (κ1) is 16.3. The first-order chi connectivity index (χ1) is 9.22. The van der Waals surface area contributed by atoms with E-state index in [-0.39, 0.29) is 6.10 Å². The van der Waals surface area contributed by atoms with Gasteiger partial charge in [-0.25, -0.2) is 0 Å². The zero-order valence-corrected chi connectivity index (χ0v) is 12.7. The van der Waals surface area contributed by atoms with Crippen LogP contribution in [-0.2, 0) is 4.29 Å². The lowest BCUT2D eigenvalue weighted by molar-refractivity contribution is 0.124. The van der Waals surface area contributed by atoms with E-state index in [9.17, 15) is 0 Å². The van der Waals surface area contributed by atoms with E-state index in [0.717, 1.165) is 24.5 Å². The van der Waals surface area contributed by atoms with E-state index in [0.29, 0.717) is 6.61 Å². The SMILES string of the molecule is CC(C)CCCCCC(COCl)Oc1ccccc1. The Balaban J connectivity index is 2.24. The molecule has 0 N–H and O–H groups in total. The number of halogens is 1. The van der Waals surface area contributed by atoms with E-state index < -0.39 is 0 Å². The molecular weight excluding hydrogens is 260 g/mol. The van der Waals surface area contributed by atoms with Crippen molar-refractivity contribution in [3.05, 3.63) is 30.3 Å². The van der Waals surface area contributed by atoms with Gasteiger partial charge in [0.1, 0.15) is 18.5 Å².